The Labute approximate surface area is 139 Å². The second-order valence-corrected chi connectivity index (χ2v) is 6.34. The molecular weight excluding hydrogens is 312 g/mol. The van der Waals surface area contributed by atoms with Crippen LogP contribution in [0, 0.1) is 0 Å². The van der Waals surface area contributed by atoms with Crippen LogP contribution >= 0.6 is 0 Å². The van der Waals surface area contributed by atoms with Crippen LogP contribution in [0.25, 0.3) is 5.52 Å². The number of esters is 2. The number of carbonyl (C=O) groups is 2. The number of ether oxygens (including phenoxy) is 2. The summed E-state index contributed by atoms with van der Waals surface area (Å²) in [7, 11) is 1.24. The van der Waals surface area contributed by atoms with Gasteiger partial charge in [-0.05, 0) is 38.5 Å². The smallest absolute Gasteiger partial charge is 0.338 e. The van der Waals surface area contributed by atoms with Gasteiger partial charge in [0, 0.05) is 17.8 Å². The number of pyridine rings is 2. The maximum atomic E-state index is 12.2. The summed E-state index contributed by atoms with van der Waals surface area (Å²) < 4.78 is 11.2. The minimum absolute atomic E-state index is 0.159. The normalized spacial score (nSPS) is 12.7. The van der Waals surface area contributed by atoms with Crippen LogP contribution in [-0.4, -0.2) is 29.1 Å². The molecule has 1 unspecified atom stereocenters. The summed E-state index contributed by atoms with van der Waals surface area (Å²) >= 11 is 0. The highest BCUT2D eigenvalue weighted by Gasteiger charge is 2.24. The average Bonchev–Trinajstić information content (AvgIpc) is 2.51. The van der Waals surface area contributed by atoms with Gasteiger partial charge in [0.05, 0.1) is 12.7 Å². The first kappa shape index (κ1) is 17.7. The number of hydrogen-bond donors (Lipinski definition) is 1. The zero-order chi connectivity index (χ0) is 18.1. The van der Waals surface area contributed by atoms with Crippen LogP contribution in [0.2, 0.25) is 0 Å². The molecule has 2 aromatic heterocycles. The quantitative estimate of drug-likeness (QED) is 0.854. The molecule has 2 heterocycles. The van der Waals surface area contributed by atoms with Crippen molar-refractivity contribution >= 4 is 17.5 Å². The standard InChI is InChI=1S/C17H20N2O5/c1-17(2,3)24-16(22)14(18)10-5-6-12-7-11(15(21)23-4)8-13(20)19(12)9-10/h5-9,14H,18H2,1-4H3. The minimum atomic E-state index is -1.01. The second kappa shape index (κ2) is 6.45. The summed E-state index contributed by atoms with van der Waals surface area (Å²) in [4.78, 5) is 35.8. The van der Waals surface area contributed by atoms with Crippen LogP contribution in [0.1, 0.15) is 42.7 Å². The van der Waals surface area contributed by atoms with Crippen LogP contribution < -0.4 is 11.3 Å². The molecule has 128 valence electrons. The van der Waals surface area contributed by atoms with Crippen LogP contribution in [-0.2, 0) is 14.3 Å². The van der Waals surface area contributed by atoms with E-state index in [1.165, 1.54) is 29.8 Å². The van der Waals surface area contributed by atoms with Crippen molar-refractivity contribution in [1.82, 2.24) is 4.40 Å². The lowest BCUT2D eigenvalue weighted by molar-refractivity contribution is -0.156. The monoisotopic (exact) mass is 332 g/mol. The van der Waals surface area contributed by atoms with E-state index in [-0.39, 0.29) is 5.56 Å². The van der Waals surface area contributed by atoms with Crippen molar-refractivity contribution in [1.29, 1.82) is 0 Å². The zero-order valence-electron chi connectivity index (χ0n) is 14.0. The SMILES string of the molecule is COC(=O)c1cc(=O)n2cc(C(N)C(=O)OC(C)(C)C)ccc2c1. The van der Waals surface area contributed by atoms with Crippen LogP contribution in [0.3, 0.4) is 0 Å². The van der Waals surface area contributed by atoms with Gasteiger partial charge in [-0.15, -0.1) is 0 Å². The molecule has 7 nitrogen and oxygen atoms in total. The Morgan fingerprint density at radius 2 is 1.88 bits per heavy atom. The van der Waals surface area contributed by atoms with Gasteiger partial charge in [0.25, 0.3) is 5.56 Å². The Kier molecular flexibility index (Phi) is 4.75. The number of carbonyl (C=O) groups excluding carboxylic acids is 2. The lowest BCUT2D eigenvalue weighted by Crippen LogP contribution is -2.32. The molecule has 0 aliphatic carbocycles. The lowest BCUT2D eigenvalue weighted by Gasteiger charge is -2.22. The maximum Gasteiger partial charge on any atom is 0.338 e. The lowest BCUT2D eigenvalue weighted by atomic mass is 10.1. The first-order valence-corrected chi connectivity index (χ1v) is 7.35. The summed E-state index contributed by atoms with van der Waals surface area (Å²) in [5, 5.41) is 0. The Morgan fingerprint density at radius 1 is 1.21 bits per heavy atom. The molecule has 7 heteroatoms. The molecule has 0 amide bonds. The Morgan fingerprint density at radius 3 is 2.46 bits per heavy atom. The summed E-state index contributed by atoms with van der Waals surface area (Å²) in [6.45, 7) is 5.24. The van der Waals surface area contributed by atoms with Crippen molar-refractivity contribution in [2.75, 3.05) is 7.11 Å². The van der Waals surface area contributed by atoms with E-state index >= 15 is 0 Å². The topological polar surface area (TPSA) is 100 Å². The number of nitrogens with two attached hydrogens (primary N) is 1. The van der Waals surface area contributed by atoms with Gasteiger partial charge < -0.3 is 15.2 Å². The highest BCUT2D eigenvalue weighted by atomic mass is 16.6. The highest BCUT2D eigenvalue weighted by molar-refractivity contribution is 5.90. The molecule has 2 aromatic rings. The Hall–Kier alpha value is -2.67. The van der Waals surface area contributed by atoms with Gasteiger partial charge in [0.2, 0.25) is 0 Å². The molecular formula is C17H20N2O5. The third-order valence-corrected chi connectivity index (χ3v) is 3.26. The van der Waals surface area contributed by atoms with E-state index in [1.807, 2.05) is 0 Å². The number of fused-ring (bicyclic) bond motifs is 1. The molecule has 0 aromatic carbocycles. The molecule has 2 rings (SSSR count). The Balaban J connectivity index is 2.41. The van der Waals surface area contributed by atoms with Crippen molar-refractivity contribution in [2.24, 2.45) is 5.73 Å². The summed E-state index contributed by atoms with van der Waals surface area (Å²) in [6, 6.07) is 4.90. The van der Waals surface area contributed by atoms with E-state index in [0.29, 0.717) is 11.1 Å². The molecule has 24 heavy (non-hydrogen) atoms. The van der Waals surface area contributed by atoms with Gasteiger partial charge in [-0.2, -0.15) is 0 Å². The fourth-order valence-electron chi connectivity index (χ4n) is 2.16. The van der Waals surface area contributed by atoms with Crippen molar-refractivity contribution in [2.45, 2.75) is 32.4 Å². The Bertz CT molecular complexity index is 848. The van der Waals surface area contributed by atoms with E-state index in [2.05, 4.69) is 4.74 Å². The van der Waals surface area contributed by atoms with Gasteiger partial charge in [-0.25, -0.2) is 9.59 Å². The van der Waals surface area contributed by atoms with E-state index < -0.39 is 29.1 Å². The third kappa shape index (κ3) is 3.80. The second-order valence-electron chi connectivity index (χ2n) is 6.34. The van der Waals surface area contributed by atoms with Crippen LogP contribution in [0.5, 0.6) is 0 Å². The van der Waals surface area contributed by atoms with Gasteiger partial charge in [-0.1, -0.05) is 6.07 Å². The largest absolute Gasteiger partial charge is 0.465 e. The van der Waals surface area contributed by atoms with Crippen molar-refractivity contribution in [3.8, 4) is 0 Å². The summed E-state index contributed by atoms with van der Waals surface area (Å²) in [5.74, 6) is -1.18. The minimum Gasteiger partial charge on any atom is -0.465 e. The predicted octanol–water partition coefficient (Wildman–Crippen LogP) is 1.43. The third-order valence-electron chi connectivity index (χ3n) is 3.26. The molecule has 2 N–H and O–H groups in total. The zero-order valence-corrected chi connectivity index (χ0v) is 14.0. The summed E-state index contributed by atoms with van der Waals surface area (Å²) in [5.41, 5.74) is 5.93. The number of rotatable bonds is 3. The molecule has 0 spiro atoms. The average molecular weight is 332 g/mol. The van der Waals surface area contributed by atoms with Gasteiger partial charge in [0.1, 0.15) is 11.6 Å². The first-order chi connectivity index (χ1) is 11.1. The van der Waals surface area contributed by atoms with Crippen molar-refractivity contribution < 1.29 is 19.1 Å². The van der Waals surface area contributed by atoms with Crippen LogP contribution in [0.4, 0.5) is 0 Å². The molecule has 0 saturated heterocycles. The molecule has 0 fully saturated rings. The van der Waals surface area contributed by atoms with Gasteiger partial charge in [-0.3, -0.25) is 9.20 Å². The predicted molar refractivity (Wildman–Crippen MR) is 87.8 cm³/mol. The molecule has 1 atom stereocenters. The molecule has 0 bridgehead atoms. The highest BCUT2D eigenvalue weighted by Crippen LogP contribution is 2.17. The number of nitrogens with zero attached hydrogens (tertiary/aromatic N) is 1. The molecule has 0 saturated carbocycles. The fourth-order valence-corrected chi connectivity index (χ4v) is 2.16. The maximum absolute atomic E-state index is 12.2. The van der Waals surface area contributed by atoms with E-state index in [0.717, 1.165) is 0 Å². The summed E-state index contributed by atoms with van der Waals surface area (Å²) in [6.07, 6.45) is 1.47. The van der Waals surface area contributed by atoms with Gasteiger partial charge >= 0.3 is 11.9 Å². The fraction of sp³-hybridized carbons (Fsp3) is 0.353. The van der Waals surface area contributed by atoms with E-state index in [4.69, 9.17) is 10.5 Å². The number of aromatic nitrogens is 1. The van der Waals surface area contributed by atoms with Crippen LogP contribution in [0.15, 0.2) is 35.3 Å². The van der Waals surface area contributed by atoms with Crippen molar-refractivity contribution in [3.63, 3.8) is 0 Å². The molecule has 0 radical (unpaired) electrons. The van der Waals surface area contributed by atoms with E-state index in [1.54, 1.807) is 32.9 Å². The molecule has 0 aliphatic rings. The number of hydrogen-bond acceptors (Lipinski definition) is 6. The van der Waals surface area contributed by atoms with Crippen molar-refractivity contribution in [3.05, 3.63) is 51.9 Å². The van der Waals surface area contributed by atoms with Gasteiger partial charge in [0.15, 0.2) is 0 Å². The van der Waals surface area contributed by atoms with E-state index in [9.17, 15) is 14.4 Å². The number of methoxy groups -OCH3 is 1. The molecule has 0 aliphatic heterocycles. The first-order valence-electron chi connectivity index (χ1n) is 7.35.